The Bertz CT molecular complexity index is 160. The highest BCUT2D eigenvalue weighted by Gasteiger charge is 2.06. The molecule has 0 radical (unpaired) electrons. The molecular formula is C12H25NO2. The molecule has 1 amide bonds. The van der Waals surface area contributed by atoms with Crippen molar-refractivity contribution in [3.05, 3.63) is 0 Å². The maximum Gasteiger partial charge on any atom is 0.245 e. The number of nitrogens with zero attached hydrogens (tertiary/aromatic N) is 1. The lowest BCUT2D eigenvalue weighted by atomic mass is 10.1. The highest BCUT2D eigenvalue weighted by Crippen LogP contribution is 2.08. The third-order valence-electron chi connectivity index (χ3n) is 2.58. The summed E-state index contributed by atoms with van der Waals surface area (Å²) < 4.78 is 0. The minimum atomic E-state index is -0.147. The smallest absolute Gasteiger partial charge is 0.245 e. The molecule has 0 rings (SSSR count). The molecule has 3 nitrogen and oxygen atoms in total. The van der Waals surface area contributed by atoms with Crippen molar-refractivity contribution < 1.29 is 10.0 Å². The lowest BCUT2D eigenvalue weighted by molar-refractivity contribution is -0.164. The SMILES string of the molecule is CCCCCCCCCC(=O)N(O)CC. The van der Waals surface area contributed by atoms with E-state index >= 15 is 0 Å². The molecule has 0 saturated carbocycles. The Balaban J connectivity index is 3.20. The second kappa shape index (κ2) is 9.97. The van der Waals surface area contributed by atoms with E-state index in [0.717, 1.165) is 17.9 Å². The lowest BCUT2D eigenvalue weighted by Crippen LogP contribution is -2.26. The summed E-state index contributed by atoms with van der Waals surface area (Å²) in [5.74, 6) is -0.147. The fraction of sp³-hybridized carbons (Fsp3) is 0.917. The fourth-order valence-electron chi connectivity index (χ4n) is 1.54. The van der Waals surface area contributed by atoms with E-state index in [1.54, 1.807) is 6.92 Å². The first-order valence-electron chi connectivity index (χ1n) is 6.21. The van der Waals surface area contributed by atoms with Gasteiger partial charge in [0, 0.05) is 13.0 Å². The van der Waals surface area contributed by atoms with Crippen LogP contribution in [0.4, 0.5) is 0 Å². The molecule has 0 aliphatic carbocycles. The molecule has 0 aromatic carbocycles. The van der Waals surface area contributed by atoms with E-state index in [-0.39, 0.29) is 5.91 Å². The van der Waals surface area contributed by atoms with Crippen LogP contribution in [0.5, 0.6) is 0 Å². The van der Waals surface area contributed by atoms with Gasteiger partial charge in [0.25, 0.3) is 0 Å². The first-order valence-corrected chi connectivity index (χ1v) is 6.21. The molecule has 0 aromatic rings. The monoisotopic (exact) mass is 215 g/mol. The number of hydroxylamine groups is 2. The van der Waals surface area contributed by atoms with Crippen molar-refractivity contribution in [2.45, 2.75) is 65.2 Å². The highest BCUT2D eigenvalue weighted by molar-refractivity contribution is 5.74. The van der Waals surface area contributed by atoms with E-state index in [4.69, 9.17) is 5.21 Å². The molecule has 0 aromatic heterocycles. The molecule has 0 aliphatic heterocycles. The van der Waals surface area contributed by atoms with E-state index in [9.17, 15) is 4.79 Å². The molecule has 0 aliphatic rings. The quantitative estimate of drug-likeness (QED) is 0.364. The minimum Gasteiger partial charge on any atom is -0.286 e. The van der Waals surface area contributed by atoms with Gasteiger partial charge < -0.3 is 0 Å². The van der Waals surface area contributed by atoms with Crippen LogP contribution in [0.3, 0.4) is 0 Å². The second-order valence-electron chi connectivity index (χ2n) is 3.98. The van der Waals surface area contributed by atoms with Gasteiger partial charge in [0.1, 0.15) is 0 Å². The maximum atomic E-state index is 11.2. The Labute approximate surface area is 93.4 Å². The van der Waals surface area contributed by atoms with Crippen molar-refractivity contribution in [2.75, 3.05) is 6.54 Å². The van der Waals surface area contributed by atoms with Crippen molar-refractivity contribution >= 4 is 5.91 Å². The van der Waals surface area contributed by atoms with Crippen molar-refractivity contribution in [3.63, 3.8) is 0 Å². The number of unbranched alkanes of at least 4 members (excludes halogenated alkanes) is 6. The molecule has 0 spiro atoms. The van der Waals surface area contributed by atoms with Crippen molar-refractivity contribution in [1.82, 2.24) is 5.06 Å². The van der Waals surface area contributed by atoms with Gasteiger partial charge in [-0.2, -0.15) is 0 Å². The van der Waals surface area contributed by atoms with Crippen LogP contribution < -0.4 is 0 Å². The molecule has 0 bridgehead atoms. The van der Waals surface area contributed by atoms with E-state index < -0.39 is 0 Å². The molecule has 0 fully saturated rings. The van der Waals surface area contributed by atoms with Gasteiger partial charge in [0.05, 0.1) is 0 Å². The Morgan fingerprint density at radius 3 is 2.07 bits per heavy atom. The average molecular weight is 215 g/mol. The number of amides is 1. The largest absolute Gasteiger partial charge is 0.286 e. The molecule has 0 unspecified atom stereocenters. The number of carbonyl (C=O) groups is 1. The summed E-state index contributed by atoms with van der Waals surface area (Å²) >= 11 is 0. The molecule has 3 heteroatoms. The number of hydrogen-bond donors (Lipinski definition) is 1. The van der Waals surface area contributed by atoms with Crippen LogP contribution in [0, 0.1) is 0 Å². The predicted molar refractivity (Wildman–Crippen MR) is 61.8 cm³/mol. The van der Waals surface area contributed by atoms with Crippen LogP contribution in [-0.4, -0.2) is 22.7 Å². The average Bonchev–Trinajstić information content (AvgIpc) is 2.26. The minimum absolute atomic E-state index is 0.147. The first kappa shape index (κ1) is 14.4. The molecule has 0 atom stereocenters. The summed E-state index contributed by atoms with van der Waals surface area (Å²) in [6.07, 6.45) is 8.88. The van der Waals surface area contributed by atoms with Gasteiger partial charge in [0.15, 0.2) is 0 Å². The zero-order valence-electron chi connectivity index (χ0n) is 10.2. The maximum absolute atomic E-state index is 11.2. The van der Waals surface area contributed by atoms with Gasteiger partial charge in [-0.15, -0.1) is 0 Å². The lowest BCUT2D eigenvalue weighted by Gasteiger charge is -2.11. The highest BCUT2D eigenvalue weighted by atomic mass is 16.5. The van der Waals surface area contributed by atoms with Gasteiger partial charge in [-0.1, -0.05) is 45.4 Å². The van der Waals surface area contributed by atoms with Gasteiger partial charge in [-0.05, 0) is 13.3 Å². The molecule has 90 valence electrons. The Morgan fingerprint density at radius 2 is 1.53 bits per heavy atom. The normalized spacial score (nSPS) is 10.3. The third-order valence-corrected chi connectivity index (χ3v) is 2.58. The Hall–Kier alpha value is -0.570. The summed E-state index contributed by atoms with van der Waals surface area (Å²) in [6.45, 7) is 4.36. The Morgan fingerprint density at radius 1 is 1.00 bits per heavy atom. The zero-order valence-corrected chi connectivity index (χ0v) is 10.2. The van der Waals surface area contributed by atoms with E-state index in [0.29, 0.717) is 13.0 Å². The van der Waals surface area contributed by atoms with E-state index in [2.05, 4.69) is 6.92 Å². The van der Waals surface area contributed by atoms with Crippen molar-refractivity contribution in [1.29, 1.82) is 0 Å². The zero-order chi connectivity index (χ0) is 11.5. The summed E-state index contributed by atoms with van der Waals surface area (Å²) in [4.78, 5) is 11.2. The van der Waals surface area contributed by atoms with Crippen LogP contribution >= 0.6 is 0 Å². The van der Waals surface area contributed by atoms with Crippen LogP contribution in [0.15, 0.2) is 0 Å². The molecule has 15 heavy (non-hydrogen) atoms. The molecule has 0 heterocycles. The molecule has 1 N–H and O–H groups in total. The van der Waals surface area contributed by atoms with E-state index in [1.807, 2.05) is 0 Å². The third kappa shape index (κ3) is 8.43. The molecular weight excluding hydrogens is 190 g/mol. The first-order chi connectivity index (χ1) is 7.22. The van der Waals surface area contributed by atoms with Gasteiger partial charge >= 0.3 is 0 Å². The van der Waals surface area contributed by atoms with Crippen LogP contribution in [0.25, 0.3) is 0 Å². The molecule has 0 saturated heterocycles. The predicted octanol–water partition coefficient (Wildman–Crippen LogP) is 3.36. The summed E-state index contributed by atoms with van der Waals surface area (Å²) in [5, 5.41) is 9.89. The summed E-state index contributed by atoms with van der Waals surface area (Å²) in [5.41, 5.74) is 0. The van der Waals surface area contributed by atoms with E-state index in [1.165, 1.54) is 32.1 Å². The summed E-state index contributed by atoms with van der Waals surface area (Å²) in [7, 11) is 0. The Kier molecular flexibility index (Phi) is 9.59. The fourth-order valence-corrected chi connectivity index (χ4v) is 1.54. The topological polar surface area (TPSA) is 40.5 Å². The van der Waals surface area contributed by atoms with Crippen LogP contribution in [0.1, 0.15) is 65.2 Å². The van der Waals surface area contributed by atoms with Crippen molar-refractivity contribution in [2.24, 2.45) is 0 Å². The van der Waals surface area contributed by atoms with Gasteiger partial charge in [0.2, 0.25) is 5.91 Å². The van der Waals surface area contributed by atoms with Gasteiger partial charge in [-0.3, -0.25) is 10.0 Å². The van der Waals surface area contributed by atoms with Crippen LogP contribution in [-0.2, 0) is 4.79 Å². The standard InChI is InChI=1S/C12H25NO2/c1-3-5-6-7-8-9-10-11-12(14)13(15)4-2/h15H,3-11H2,1-2H3. The van der Waals surface area contributed by atoms with Crippen molar-refractivity contribution in [3.8, 4) is 0 Å². The number of rotatable bonds is 9. The van der Waals surface area contributed by atoms with Crippen LogP contribution in [0.2, 0.25) is 0 Å². The second-order valence-corrected chi connectivity index (χ2v) is 3.98. The van der Waals surface area contributed by atoms with Gasteiger partial charge in [-0.25, -0.2) is 5.06 Å². The number of hydrogen-bond acceptors (Lipinski definition) is 2. The summed E-state index contributed by atoms with van der Waals surface area (Å²) in [6, 6.07) is 0. The number of carbonyl (C=O) groups excluding carboxylic acids is 1.